The van der Waals surface area contributed by atoms with Crippen molar-refractivity contribution in [2.75, 3.05) is 0 Å². The van der Waals surface area contributed by atoms with E-state index in [0.29, 0.717) is 0 Å². The van der Waals surface area contributed by atoms with Gasteiger partial charge in [-0.25, -0.2) is 0 Å². The van der Waals surface area contributed by atoms with Gasteiger partial charge in [-0.3, -0.25) is 4.79 Å². The summed E-state index contributed by atoms with van der Waals surface area (Å²) in [5.74, 6) is -0.252. The number of hydrogen-bond acceptors (Lipinski definition) is 3. The summed E-state index contributed by atoms with van der Waals surface area (Å²) in [7, 11) is 0. The van der Waals surface area contributed by atoms with E-state index in [9.17, 15) is 4.79 Å². The number of hydrogen-bond donors (Lipinski definition) is 1. The predicted molar refractivity (Wildman–Crippen MR) is 53.3 cm³/mol. The number of allylic oxidation sites excluding steroid dienone is 1. The Morgan fingerprint density at radius 3 is 2.46 bits per heavy atom. The Morgan fingerprint density at radius 1 is 1.54 bits per heavy atom. The largest absolute Gasteiger partial charge is 0.460 e. The SMILES string of the molecule is C/C=C/C(N)CC(=O)OC(C)(C)C. The zero-order valence-corrected chi connectivity index (χ0v) is 8.83. The average molecular weight is 185 g/mol. The van der Waals surface area contributed by atoms with Crippen LogP contribution in [0.25, 0.3) is 0 Å². The average Bonchev–Trinajstić information content (AvgIpc) is 1.81. The van der Waals surface area contributed by atoms with Crippen LogP contribution in [0.4, 0.5) is 0 Å². The van der Waals surface area contributed by atoms with Crippen molar-refractivity contribution >= 4 is 5.97 Å². The molecule has 0 radical (unpaired) electrons. The van der Waals surface area contributed by atoms with Gasteiger partial charge in [-0.05, 0) is 27.7 Å². The smallest absolute Gasteiger partial charge is 0.308 e. The third kappa shape index (κ3) is 7.53. The first-order chi connectivity index (χ1) is 5.85. The Hall–Kier alpha value is -0.830. The molecule has 0 heterocycles. The van der Waals surface area contributed by atoms with Gasteiger partial charge < -0.3 is 10.5 Å². The van der Waals surface area contributed by atoms with E-state index in [4.69, 9.17) is 10.5 Å². The fourth-order valence-electron chi connectivity index (χ4n) is 0.891. The van der Waals surface area contributed by atoms with Gasteiger partial charge in [-0.15, -0.1) is 0 Å². The summed E-state index contributed by atoms with van der Waals surface area (Å²) in [6.45, 7) is 7.39. The zero-order chi connectivity index (χ0) is 10.5. The minimum absolute atomic E-state index is 0.236. The lowest BCUT2D eigenvalue weighted by atomic mass is 10.1. The maximum Gasteiger partial charge on any atom is 0.308 e. The summed E-state index contributed by atoms with van der Waals surface area (Å²) >= 11 is 0. The highest BCUT2D eigenvalue weighted by Crippen LogP contribution is 2.08. The van der Waals surface area contributed by atoms with Crippen molar-refractivity contribution in [1.29, 1.82) is 0 Å². The summed E-state index contributed by atoms with van der Waals surface area (Å²) in [5.41, 5.74) is 5.19. The van der Waals surface area contributed by atoms with E-state index in [1.807, 2.05) is 33.8 Å². The summed E-state index contributed by atoms with van der Waals surface area (Å²) < 4.78 is 5.10. The molecule has 3 nitrogen and oxygen atoms in total. The number of ether oxygens (including phenoxy) is 1. The van der Waals surface area contributed by atoms with E-state index >= 15 is 0 Å². The van der Waals surface area contributed by atoms with E-state index in [0.717, 1.165) is 0 Å². The second-order valence-corrected chi connectivity index (χ2v) is 3.98. The molecule has 0 aromatic heterocycles. The van der Waals surface area contributed by atoms with Gasteiger partial charge in [-0.2, -0.15) is 0 Å². The summed E-state index contributed by atoms with van der Waals surface area (Å²) in [5, 5.41) is 0. The predicted octanol–water partition coefficient (Wildman–Crippen LogP) is 1.62. The highest BCUT2D eigenvalue weighted by molar-refractivity contribution is 5.70. The van der Waals surface area contributed by atoms with Crippen molar-refractivity contribution in [2.45, 2.75) is 45.8 Å². The van der Waals surface area contributed by atoms with Crippen LogP contribution in [0.1, 0.15) is 34.1 Å². The lowest BCUT2D eigenvalue weighted by Crippen LogP contribution is -2.28. The summed E-state index contributed by atoms with van der Waals surface area (Å²) in [6.07, 6.45) is 3.85. The normalized spacial score (nSPS) is 14.5. The van der Waals surface area contributed by atoms with Crippen molar-refractivity contribution < 1.29 is 9.53 Å². The van der Waals surface area contributed by atoms with E-state index in [2.05, 4.69) is 0 Å². The molecule has 1 atom stereocenters. The van der Waals surface area contributed by atoms with Crippen molar-refractivity contribution in [2.24, 2.45) is 5.73 Å². The minimum Gasteiger partial charge on any atom is -0.460 e. The number of nitrogens with two attached hydrogens (primary N) is 1. The maximum absolute atomic E-state index is 11.2. The molecule has 76 valence electrons. The van der Waals surface area contributed by atoms with Crippen LogP contribution < -0.4 is 5.73 Å². The molecule has 0 amide bonds. The number of esters is 1. The Kier molecular flexibility index (Phi) is 4.70. The Labute approximate surface area is 79.9 Å². The fourth-order valence-corrected chi connectivity index (χ4v) is 0.891. The summed E-state index contributed by atoms with van der Waals surface area (Å²) in [6, 6.07) is -0.236. The summed E-state index contributed by atoms with van der Waals surface area (Å²) in [4.78, 5) is 11.2. The van der Waals surface area contributed by atoms with Gasteiger partial charge in [0.2, 0.25) is 0 Å². The molecule has 0 spiro atoms. The Balaban J connectivity index is 3.88. The second kappa shape index (κ2) is 5.02. The molecule has 0 saturated carbocycles. The molecule has 0 aromatic carbocycles. The quantitative estimate of drug-likeness (QED) is 0.537. The molecule has 0 aliphatic carbocycles. The van der Waals surface area contributed by atoms with Crippen molar-refractivity contribution in [3.05, 3.63) is 12.2 Å². The zero-order valence-electron chi connectivity index (χ0n) is 8.83. The van der Waals surface area contributed by atoms with Crippen LogP contribution in [0.15, 0.2) is 12.2 Å². The van der Waals surface area contributed by atoms with Crippen molar-refractivity contribution in [1.82, 2.24) is 0 Å². The van der Waals surface area contributed by atoms with E-state index < -0.39 is 5.60 Å². The maximum atomic E-state index is 11.2. The highest BCUT2D eigenvalue weighted by atomic mass is 16.6. The number of carbonyl (C=O) groups excluding carboxylic acids is 1. The minimum atomic E-state index is -0.424. The van der Waals surface area contributed by atoms with E-state index in [1.54, 1.807) is 6.08 Å². The van der Waals surface area contributed by atoms with Gasteiger partial charge in [-0.1, -0.05) is 12.2 Å². The molecule has 0 saturated heterocycles. The van der Waals surface area contributed by atoms with Crippen LogP contribution in [-0.2, 0) is 9.53 Å². The molecule has 0 fully saturated rings. The standard InChI is InChI=1S/C10H19NO2/c1-5-6-8(11)7-9(12)13-10(2,3)4/h5-6,8H,7,11H2,1-4H3/b6-5+. The molecule has 0 aliphatic rings. The van der Waals surface area contributed by atoms with Gasteiger partial charge in [0, 0.05) is 6.04 Å². The molecular formula is C10H19NO2. The van der Waals surface area contributed by atoms with Gasteiger partial charge >= 0.3 is 5.97 Å². The molecule has 0 aliphatic heterocycles. The molecule has 13 heavy (non-hydrogen) atoms. The van der Waals surface area contributed by atoms with Crippen molar-refractivity contribution in [3.63, 3.8) is 0 Å². The van der Waals surface area contributed by atoms with Crippen LogP contribution in [0, 0.1) is 0 Å². The lowest BCUT2D eigenvalue weighted by molar-refractivity contribution is -0.154. The van der Waals surface area contributed by atoms with Gasteiger partial charge in [0.25, 0.3) is 0 Å². The third-order valence-electron chi connectivity index (χ3n) is 1.26. The molecule has 1 unspecified atom stereocenters. The van der Waals surface area contributed by atoms with Gasteiger partial charge in [0.05, 0.1) is 6.42 Å². The van der Waals surface area contributed by atoms with Crippen LogP contribution in [-0.4, -0.2) is 17.6 Å². The lowest BCUT2D eigenvalue weighted by Gasteiger charge is -2.20. The molecule has 3 heteroatoms. The Bertz CT molecular complexity index is 192. The molecule has 2 N–H and O–H groups in total. The monoisotopic (exact) mass is 185 g/mol. The van der Waals surface area contributed by atoms with Crippen molar-refractivity contribution in [3.8, 4) is 0 Å². The topological polar surface area (TPSA) is 52.3 Å². The number of carbonyl (C=O) groups is 1. The first-order valence-electron chi connectivity index (χ1n) is 4.45. The molecular weight excluding hydrogens is 166 g/mol. The highest BCUT2D eigenvalue weighted by Gasteiger charge is 2.17. The van der Waals surface area contributed by atoms with Crippen LogP contribution in [0.3, 0.4) is 0 Å². The van der Waals surface area contributed by atoms with Crippen LogP contribution >= 0.6 is 0 Å². The molecule has 0 aromatic rings. The van der Waals surface area contributed by atoms with Gasteiger partial charge in [0.1, 0.15) is 5.60 Å². The third-order valence-corrected chi connectivity index (χ3v) is 1.26. The van der Waals surface area contributed by atoms with E-state index in [-0.39, 0.29) is 18.4 Å². The first-order valence-corrected chi connectivity index (χ1v) is 4.45. The second-order valence-electron chi connectivity index (χ2n) is 3.98. The van der Waals surface area contributed by atoms with Gasteiger partial charge in [0.15, 0.2) is 0 Å². The molecule has 0 bridgehead atoms. The molecule has 0 rings (SSSR count). The first kappa shape index (κ1) is 12.2. The number of rotatable bonds is 3. The van der Waals surface area contributed by atoms with Crippen LogP contribution in [0.2, 0.25) is 0 Å². The van der Waals surface area contributed by atoms with E-state index in [1.165, 1.54) is 0 Å². The Morgan fingerprint density at radius 2 is 2.08 bits per heavy atom. The fraction of sp³-hybridized carbons (Fsp3) is 0.700. The van der Waals surface area contributed by atoms with Crippen LogP contribution in [0.5, 0.6) is 0 Å².